The van der Waals surface area contributed by atoms with Gasteiger partial charge < -0.3 is 4.90 Å². The van der Waals surface area contributed by atoms with Crippen LogP contribution in [0.2, 0.25) is 0 Å². The number of nitrogens with one attached hydrogen (secondary N) is 1. The molecule has 0 aliphatic carbocycles. The number of hydrogen-bond donors (Lipinski definition) is 1. The van der Waals surface area contributed by atoms with Crippen LogP contribution in [0.15, 0.2) is 41.2 Å². The zero-order valence-corrected chi connectivity index (χ0v) is 18.9. The van der Waals surface area contributed by atoms with Gasteiger partial charge in [0.1, 0.15) is 0 Å². The van der Waals surface area contributed by atoms with Crippen molar-refractivity contribution in [3.05, 3.63) is 69.3 Å². The average molecular weight is 434 g/mol. The molecule has 1 amide bonds. The van der Waals surface area contributed by atoms with Crippen molar-refractivity contribution in [1.82, 2.24) is 24.4 Å². The Morgan fingerprint density at radius 2 is 2.00 bits per heavy atom. The van der Waals surface area contributed by atoms with Crippen LogP contribution in [0.3, 0.4) is 0 Å². The van der Waals surface area contributed by atoms with E-state index >= 15 is 0 Å². The van der Waals surface area contributed by atoms with Crippen molar-refractivity contribution in [2.45, 2.75) is 64.6 Å². The van der Waals surface area contributed by atoms with Gasteiger partial charge in [0.05, 0.1) is 29.4 Å². The predicted molar refractivity (Wildman–Crippen MR) is 124 cm³/mol. The first kappa shape index (κ1) is 20.9. The number of carbonyl (C=O) groups excluding carboxylic acids is 1. The molecule has 5 rings (SSSR count). The fourth-order valence-electron chi connectivity index (χ4n) is 5.06. The van der Waals surface area contributed by atoms with Gasteiger partial charge in [-0.05, 0) is 38.7 Å². The fourth-order valence-corrected chi connectivity index (χ4v) is 5.06. The van der Waals surface area contributed by atoms with E-state index in [0.29, 0.717) is 24.7 Å². The van der Waals surface area contributed by atoms with E-state index in [9.17, 15) is 9.59 Å². The number of carbonyl (C=O) groups is 1. The maximum absolute atomic E-state index is 13.3. The molecule has 32 heavy (non-hydrogen) atoms. The van der Waals surface area contributed by atoms with Crippen LogP contribution in [-0.4, -0.2) is 49.4 Å². The molecule has 2 aromatic heterocycles. The van der Waals surface area contributed by atoms with Gasteiger partial charge in [-0.15, -0.1) is 0 Å². The summed E-state index contributed by atoms with van der Waals surface area (Å²) in [5.74, 6) is 0.131. The Labute approximate surface area is 188 Å². The molecule has 7 heteroatoms. The van der Waals surface area contributed by atoms with Gasteiger partial charge in [-0.3, -0.25) is 19.6 Å². The summed E-state index contributed by atoms with van der Waals surface area (Å²) in [5.41, 5.74) is 4.27. The first-order chi connectivity index (χ1) is 15.5. The number of benzene rings is 1. The SMILES string of the molecule is CC(C)N1CCc2nc3cc([C@H]4CCCCN4C(=O)Cc4ccccc4)[nH]n3c(=O)c2C1. The maximum Gasteiger partial charge on any atom is 0.277 e. The summed E-state index contributed by atoms with van der Waals surface area (Å²) in [5, 5.41) is 3.31. The number of fused-ring (bicyclic) bond motifs is 2. The molecular formula is C25H31N5O2. The number of likely N-dealkylation sites (tertiary alicyclic amines) is 1. The third-order valence-electron chi connectivity index (χ3n) is 6.92. The summed E-state index contributed by atoms with van der Waals surface area (Å²) >= 11 is 0. The van der Waals surface area contributed by atoms with Crippen LogP contribution >= 0.6 is 0 Å². The second-order valence-corrected chi connectivity index (χ2v) is 9.32. The molecule has 7 nitrogen and oxygen atoms in total. The van der Waals surface area contributed by atoms with Gasteiger partial charge in [-0.2, -0.15) is 0 Å². The summed E-state index contributed by atoms with van der Waals surface area (Å²) in [6, 6.07) is 12.2. The Morgan fingerprint density at radius 1 is 1.19 bits per heavy atom. The summed E-state index contributed by atoms with van der Waals surface area (Å²) in [4.78, 5) is 35.6. The molecule has 4 heterocycles. The predicted octanol–water partition coefficient (Wildman–Crippen LogP) is 3.09. The van der Waals surface area contributed by atoms with E-state index in [0.717, 1.165) is 61.3 Å². The minimum atomic E-state index is -0.0507. The molecule has 1 saturated heterocycles. The van der Waals surface area contributed by atoms with Gasteiger partial charge in [-0.25, -0.2) is 9.50 Å². The summed E-state index contributed by atoms with van der Waals surface area (Å²) in [7, 11) is 0. The number of amides is 1. The van der Waals surface area contributed by atoms with Crippen LogP contribution in [0.25, 0.3) is 5.65 Å². The van der Waals surface area contributed by atoms with Crippen molar-refractivity contribution >= 4 is 11.6 Å². The molecule has 0 radical (unpaired) electrons. The highest BCUT2D eigenvalue weighted by molar-refractivity contribution is 5.79. The van der Waals surface area contributed by atoms with E-state index in [2.05, 4.69) is 23.8 Å². The molecule has 0 bridgehead atoms. The van der Waals surface area contributed by atoms with Crippen LogP contribution in [0.4, 0.5) is 0 Å². The Morgan fingerprint density at radius 3 is 2.78 bits per heavy atom. The van der Waals surface area contributed by atoms with Crippen molar-refractivity contribution in [2.75, 3.05) is 13.1 Å². The van der Waals surface area contributed by atoms with Crippen molar-refractivity contribution < 1.29 is 4.79 Å². The van der Waals surface area contributed by atoms with Crippen LogP contribution < -0.4 is 5.56 Å². The van der Waals surface area contributed by atoms with E-state index in [1.165, 1.54) is 0 Å². The second-order valence-electron chi connectivity index (χ2n) is 9.32. The van der Waals surface area contributed by atoms with Gasteiger partial charge in [0.15, 0.2) is 5.65 Å². The Balaban J connectivity index is 1.46. The highest BCUT2D eigenvalue weighted by Crippen LogP contribution is 2.31. The van der Waals surface area contributed by atoms with E-state index < -0.39 is 0 Å². The third kappa shape index (κ3) is 3.86. The van der Waals surface area contributed by atoms with Crippen LogP contribution in [0, 0.1) is 0 Å². The summed E-state index contributed by atoms with van der Waals surface area (Å²) in [6.07, 6.45) is 4.16. The first-order valence-corrected chi connectivity index (χ1v) is 11.7. The molecule has 2 aliphatic heterocycles. The minimum absolute atomic E-state index is 0.0143. The molecule has 0 saturated carbocycles. The number of rotatable bonds is 4. The monoisotopic (exact) mass is 433 g/mol. The van der Waals surface area contributed by atoms with E-state index in [-0.39, 0.29) is 17.5 Å². The van der Waals surface area contributed by atoms with Crippen LogP contribution in [0.1, 0.15) is 61.7 Å². The molecule has 168 valence electrons. The largest absolute Gasteiger partial charge is 0.334 e. The summed E-state index contributed by atoms with van der Waals surface area (Å²) in [6.45, 7) is 6.63. The van der Waals surface area contributed by atoms with Crippen LogP contribution in [-0.2, 0) is 24.2 Å². The van der Waals surface area contributed by atoms with Crippen molar-refractivity contribution in [1.29, 1.82) is 0 Å². The quantitative estimate of drug-likeness (QED) is 0.686. The van der Waals surface area contributed by atoms with Gasteiger partial charge in [0.2, 0.25) is 5.91 Å². The molecule has 0 spiro atoms. The van der Waals surface area contributed by atoms with E-state index in [4.69, 9.17) is 4.98 Å². The molecular weight excluding hydrogens is 402 g/mol. The molecule has 1 N–H and O–H groups in total. The lowest BCUT2D eigenvalue weighted by molar-refractivity contribution is -0.134. The Kier molecular flexibility index (Phi) is 5.59. The van der Waals surface area contributed by atoms with E-state index in [1.54, 1.807) is 4.52 Å². The van der Waals surface area contributed by atoms with Gasteiger partial charge in [0, 0.05) is 38.2 Å². The summed E-state index contributed by atoms with van der Waals surface area (Å²) < 4.78 is 1.58. The van der Waals surface area contributed by atoms with Crippen LogP contribution in [0.5, 0.6) is 0 Å². The highest BCUT2D eigenvalue weighted by Gasteiger charge is 2.30. The molecule has 0 unspecified atom stereocenters. The number of H-pyrrole nitrogens is 1. The number of hydrogen-bond acceptors (Lipinski definition) is 4. The lowest BCUT2D eigenvalue weighted by Gasteiger charge is -2.35. The third-order valence-corrected chi connectivity index (χ3v) is 6.92. The van der Waals surface area contributed by atoms with Crippen molar-refractivity contribution in [3.63, 3.8) is 0 Å². The average Bonchev–Trinajstić information content (AvgIpc) is 3.24. The van der Waals surface area contributed by atoms with Crippen molar-refractivity contribution in [2.24, 2.45) is 0 Å². The van der Waals surface area contributed by atoms with Gasteiger partial charge in [0.25, 0.3) is 5.56 Å². The molecule has 1 atom stereocenters. The zero-order valence-electron chi connectivity index (χ0n) is 18.9. The number of aromatic amines is 1. The molecule has 1 fully saturated rings. The molecule has 1 aromatic carbocycles. The zero-order chi connectivity index (χ0) is 22.2. The number of piperidine rings is 1. The Bertz CT molecular complexity index is 1180. The van der Waals surface area contributed by atoms with Gasteiger partial charge in [-0.1, -0.05) is 30.3 Å². The van der Waals surface area contributed by atoms with Crippen molar-refractivity contribution in [3.8, 4) is 0 Å². The minimum Gasteiger partial charge on any atom is -0.334 e. The highest BCUT2D eigenvalue weighted by atomic mass is 16.2. The lowest BCUT2D eigenvalue weighted by Crippen LogP contribution is -2.40. The standard InChI is InChI=1S/C25H31N5O2/c1-17(2)28-13-11-20-19(16-28)25(32)30-23(26-20)15-21(27-30)22-10-6-7-12-29(22)24(31)14-18-8-4-3-5-9-18/h3-5,8-9,15,17,22,27H,6-7,10-14,16H2,1-2H3/t22-/m1/s1. The molecule has 2 aliphatic rings. The Hall–Kier alpha value is -2.93. The molecule has 3 aromatic rings. The first-order valence-electron chi connectivity index (χ1n) is 11.7. The van der Waals surface area contributed by atoms with Gasteiger partial charge >= 0.3 is 0 Å². The fraction of sp³-hybridized carbons (Fsp3) is 0.480. The van der Waals surface area contributed by atoms with E-state index in [1.807, 2.05) is 41.3 Å². The topological polar surface area (TPSA) is 73.7 Å². The number of aromatic nitrogens is 3. The normalized spacial score (nSPS) is 19.5. The maximum atomic E-state index is 13.3. The second kappa shape index (κ2) is 8.54. The number of nitrogens with zero attached hydrogens (tertiary/aromatic N) is 4. The smallest absolute Gasteiger partial charge is 0.277 e. The lowest BCUT2D eigenvalue weighted by atomic mass is 9.98.